The van der Waals surface area contributed by atoms with Gasteiger partial charge in [0.05, 0.1) is 6.10 Å². The Labute approximate surface area is 131 Å². The molecular weight excluding hydrogens is 260 g/mol. The van der Waals surface area contributed by atoms with Gasteiger partial charge in [-0.15, -0.1) is 0 Å². The normalized spacial score (nSPS) is 11.6. The second-order valence-electron chi connectivity index (χ2n) is 5.83. The maximum absolute atomic E-state index is 8.33. The van der Waals surface area contributed by atoms with E-state index >= 15 is 0 Å². The summed E-state index contributed by atoms with van der Waals surface area (Å²) in [6.07, 6.45) is 11.6. The third-order valence-corrected chi connectivity index (χ3v) is 3.58. The molecule has 1 unspecified atom stereocenters. The summed E-state index contributed by atoms with van der Waals surface area (Å²) in [5, 5.41) is 8.33. The van der Waals surface area contributed by atoms with Crippen LogP contribution in [0.25, 0.3) is 0 Å². The second kappa shape index (κ2) is 15.5. The molecule has 0 radical (unpaired) electrons. The molecule has 1 N–H and O–H groups in total. The summed E-state index contributed by atoms with van der Waals surface area (Å²) in [5.74, 6) is 0. The van der Waals surface area contributed by atoms with Crippen molar-refractivity contribution in [2.75, 3.05) is 0 Å². The van der Waals surface area contributed by atoms with Gasteiger partial charge >= 0.3 is 0 Å². The molecule has 0 saturated carbocycles. The van der Waals surface area contributed by atoms with Crippen LogP contribution < -0.4 is 0 Å². The maximum Gasteiger partial charge on any atom is 0.0899 e. The molecule has 0 aliphatic carbocycles. The summed E-state index contributed by atoms with van der Waals surface area (Å²) in [6.45, 7) is 6.23. The summed E-state index contributed by atoms with van der Waals surface area (Å²) in [4.78, 5) is 4.21. The van der Waals surface area contributed by atoms with Gasteiger partial charge in [0.25, 0.3) is 0 Å². The first-order valence-corrected chi connectivity index (χ1v) is 8.52. The molecule has 1 aromatic carbocycles. The van der Waals surface area contributed by atoms with Gasteiger partial charge in [0.15, 0.2) is 0 Å². The Morgan fingerprint density at radius 1 is 0.905 bits per heavy atom. The minimum atomic E-state index is 0.00934. The van der Waals surface area contributed by atoms with Gasteiger partial charge in [-0.05, 0) is 20.3 Å². The quantitative estimate of drug-likeness (QED) is 0.308. The molecule has 0 fully saturated rings. The van der Waals surface area contributed by atoms with E-state index < -0.39 is 0 Å². The molecule has 0 amide bonds. The van der Waals surface area contributed by atoms with Crippen LogP contribution in [0.3, 0.4) is 0 Å². The summed E-state index contributed by atoms with van der Waals surface area (Å²) in [5.41, 5.74) is 1.32. The Hall–Kier alpha value is -0.860. The van der Waals surface area contributed by atoms with E-state index in [1.807, 2.05) is 25.1 Å². The zero-order valence-corrected chi connectivity index (χ0v) is 14.2. The molecule has 1 atom stereocenters. The fourth-order valence-electron chi connectivity index (χ4n) is 2.15. The first-order valence-electron chi connectivity index (χ1n) is 8.52. The number of rotatable bonds is 10. The average Bonchev–Trinajstić information content (AvgIpc) is 2.51. The molecule has 0 aliphatic rings. The predicted octanol–water partition coefficient (Wildman–Crippen LogP) is 6.39. The van der Waals surface area contributed by atoms with Crippen LogP contribution in [0.2, 0.25) is 0 Å². The van der Waals surface area contributed by atoms with Crippen molar-refractivity contribution >= 4 is 0 Å². The highest BCUT2D eigenvalue weighted by Crippen LogP contribution is 2.11. The second-order valence-corrected chi connectivity index (χ2v) is 5.83. The summed E-state index contributed by atoms with van der Waals surface area (Å²) in [7, 11) is 0. The van der Waals surface area contributed by atoms with Gasteiger partial charge in [-0.25, -0.2) is 4.89 Å². The van der Waals surface area contributed by atoms with Gasteiger partial charge in [0.1, 0.15) is 0 Å². The number of unbranched alkanes of at least 4 members (excludes halogenated alkanes) is 7. The van der Waals surface area contributed by atoms with Gasteiger partial charge < -0.3 is 0 Å². The van der Waals surface area contributed by atoms with Crippen molar-refractivity contribution in [3.05, 3.63) is 35.9 Å². The Bertz CT molecular complexity index is 298. The van der Waals surface area contributed by atoms with Crippen LogP contribution in [-0.4, -0.2) is 11.4 Å². The van der Waals surface area contributed by atoms with Crippen LogP contribution in [-0.2, 0) is 4.89 Å². The molecule has 2 nitrogen and oxygen atoms in total. The first kappa shape index (κ1) is 20.1. The number of benzene rings is 1. The van der Waals surface area contributed by atoms with Crippen LogP contribution in [0, 0.1) is 6.92 Å². The van der Waals surface area contributed by atoms with Gasteiger partial charge in [-0.3, -0.25) is 5.26 Å². The monoisotopic (exact) mass is 294 g/mol. The fraction of sp³-hybridized carbons (Fsp3) is 0.684. The molecular formula is C19H34O2. The molecule has 0 aliphatic heterocycles. The van der Waals surface area contributed by atoms with Crippen molar-refractivity contribution in [3.8, 4) is 0 Å². The van der Waals surface area contributed by atoms with E-state index in [1.54, 1.807) is 0 Å². The van der Waals surface area contributed by atoms with Crippen molar-refractivity contribution in [1.82, 2.24) is 0 Å². The van der Waals surface area contributed by atoms with E-state index in [9.17, 15) is 0 Å². The smallest absolute Gasteiger partial charge is 0.0899 e. The molecule has 21 heavy (non-hydrogen) atoms. The third-order valence-electron chi connectivity index (χ3n) is 3.58. The zero-order chi connectivity index (χ0) is 15.8. The zero-order valence-electron chi connectivity index (χ0n) is 14.2. The Morgan fingerprint density at radius 3 is 1.86 bits per heavy atom. The van der Waals surface area contributed by atoms with E-state index in [0.29, 0.717) is 0 Å². The van der Waals surface area contributed by atoms with Crippen molar-refractivity contribution in [2.24, 2.45) is 0 Å². The van der Waals surface area contributed by atoms with Crippen LogP contribution in [0.15, 0.2) is 30.3 Å². The van der Waals surface area contributed by atoms with Crippen LogP contribution >= 0.6 is 0 Å². The average molecular weight is 294 g/mol. The van der Waals surface area contributed by atoms with Crippen LogP contribution in [0.1, 0.15) is 77.2 Å². The summed E-state index contributed by atoms with van der Waals surface area (Å²) >= 11 is 0. The summed E-state index contributed by atoms with van der Waals surface area (Å²) in [6, 6.07) is 10.3. The molecule has 0 heterocycles. The first-order chi connectivity index (χ1) is 10.2. The third kappa shape index (κ3) is 15.3. The SMILES string of the molecule is CCCCCCCCCCC(C)OO.Cc1ccccc1. The maximum atomic E-state index is 8.33. The minimum Gasteiger partial charge on any atom is -0.252 e. The highest BCUT2D eigenvalue weighted by Gasteiger charge is 1.99. The van der Waals surface area contributed by atoms with Crippen LogP contribution in [0.5, 0.6) is 0 Å². The highest BCUT2D eigenvalue weighted by atomic mass is 17.1. The molecule has 122 valence electrons. The lowest BCUT2D eigenvalue weighted by atomic mass is 10.1. The van der Waals surface area contributed by atoms with Crippen molar-refractivity contribution in [2.45, 2.75) is 84.7 Å². The van der Waals surface area contributed by atoms with E-state index in [-0.39, 0.29) is 6.10 Å². The van der Waals surface area contributed by atoms with Gasteiger partial charge in [0.2, 0.25) is 0 Å². The fourth-order valence-corrected chi connectivity index (χ4v) is 2.15. The molecule has 0 bridgehead atoms. The van der Waals surface area contributed by atoms with Crippen molar-refractivity contribution < 1.29 is 10.1 Å². The Morgan fingerprint density at radius 2 is 1.43 bits per heavy atom. The summed E-state index contributed by atoms with van der Waals surface area (Å²) < 4.78 is 0. The molecule has 1 aromatic rings. The van der Waals surface area contributed by atoms with Crippen molar-refractivity contribution in [3.63, 3.8) is 0 Å². The highest BCUT2D eigenvalue weighted by molar-refractivity contribution is 5.11. The van der Waals surface area contributed by atoms with Gasteiger partial charge in [-0.2, -0.15) is 0 Å². The lowest BCUT2D eigenvalue weighted by Gasteiger charge is -2.06. The van der Waals surface area contributed by atoms with Crippen molar-refractivity contribution in [1.29, 1.82) is 0 Å². The Balaban J connectivity index is 0.000000471. The predicted molar refractivity (Wildman–Crippen MR) is 91.6 cm³/mol. The number of hydrogen-bond donors (Lipinski definition) is 1. The van der Waals surface area contributed by atoms with E-state index in [1.165, 1.54) is 56.9 Å². The molecule has 0 aromatic heterocycles. The topological polar surface area (TPSA) is 29.5 Å². The lowest BCUT2D eigenvalue weighted by molar-refractivity contribution is -0.275. The number of aryl methyl sites for hydroxylation is 1. The Kier molecular flexibility index (Phi) is 14.9. The number of hydrogen-bond acceptors (Lipinski definition) is 2. The van der Waals surface area contributed by atoms with Crippen LogP contribution in [0.4, 0.5) is 0 Å². The van der Waals surface area contributed by atoms with E-state index in [4.69, 9.17) is 5.26 Å². The molecule has 0 saturated heterocycles. The van der Waals surface area contributed by atoms with E-state index in [0.717, 1.165) is 6.42 Å². The molecule has 0 spiro atoms. The van der Waals surface area contributed by atoms with Gasteiger partial charge in [0, 0.05) is 0 Å². The minimum absolute atomic E-state index is 0.00934. The molecule has 1 rings (SSSR count). The lowest BCUT2D eigenvalue weighted by Crippen LogP contribution is -2.04. The standard InChI is InChI=1S/C12H26O2.C7H8/c1-3-4-5-6-7-8-9-10-11-12(2)14-13;1-7-5-3-2-4-6-7/h12-13H,3-11H2,1-2H3;2-6H,1H3. The largest absolute Gasteiger partial charge is 0.252 e. The molecule has 2 heteroatoms. The van der Waals surface area contributed by atoms with E-state index in [2.05, 4.69) is 30.9 Å². The van der Waals surface area contributed by atoms with Gasteiger partial charge in [-0.1, -0.05) is 94.2 Å².